The lowest BCUT2D eigenvalue weighted by Gasteiger charge is -2.36. The van der Waals surface area contributed by atoms with Crippen molar-refractivity contribution in [1.82, 2.24) is 5.32 Å². The number of allylic oxidation sites excluding steroid dienone is 1. The number of rotatable bonds is 16. The van der Waals surface area contributed by atoms with Crippen molar-refractivity contribution in [3.63, 3.8) is 0 Å². The summed E-state index contributed by atoms with van der Waals surface area (Å²) in [5.41, 5.74) is 2.23. The quantitative estimate of drug-likeness (QED) is 0.0769. The molecule has 0 radical (unpaired) electrons. The molecule has 0 saturated heterocycles. The third-order valence-corrected chi connectivity index (χ3v) is 7.47. The third kappa shape index (κ3) is 9.66. The first-order valence-corrected chi connectivity index (χ1v) is 15.4. The first kappa shape index (κ1) is 32.2. The lowest BCUT2D eigenvalue weighted by molar-refractivity contribution is -0.120. The van der Waals surface area contributed by atoms with Crippen LogP contribution in [0.2, 0.25) is 0 Å². The molecule has 1 N–H and O–H groups in total. The maximum Gasteiger partial charge on any atom is 0.272 e. The molecule has 0 fully saturated rings. The Morgan fingerprint density at radius 2 is 1.25 bits per heavy atom. The summed E-state index contributed by atoms with van der Waals surface area (Å²) < 4.78 is 4.85. The van der Waals surface area contributed by atoms with Gasteiger partial charge in [-0.05, 0) is 36.0 Å². The standard InChI is InChI=1S/C34H40Cl3NO2/c1-2-3-4-5-6-7-8-18-25-31(38-32(39)34(35,36)37)26-27-40-33(28-19-12-9-13-20-28,29-21-14-10-15-22-29)30-23-16-11-17-24-30/h9-25,31H,2-8,26-27H2,1H3,(H,38,39)/b25-18+/t31-/m1/s1. The summed E-state index contributed by atoms with van der Waals surface area (Å²) in [6.45, 7) is 2.58. The van der Waals surface area contributed by atoms with Crippen LogP contribution in [0, 0.1) is 0 Å². The molecule has 3 aromatic rings. The molecule has 40 heavy (non-hydrogen) atoms. The number of halogens is 3. The van der Waals surface area contributed by atoms with Crippen LogP contribution in [0.4, 0.5) is 0 Å². The van der Waals surface area contributed by atoms with Crippen molar-refractivity contribution in [2.24, 2.45) is 0 Å². The number of ether oxygens (including phenoxy) is 1. The van der Waals surface area contributed by atoms with E-state index >= 15 is 0 Å². The fourth-order valence-electron chi connectivity index (χ4n) is 4.88. The van der Waals surface area contributed by atoms with Gasteiger partial charge in [-0.25, -0.2) is 0 Å². The van der Waals surface area contributed by atoms with Gasteiger partial charge in [0.1, 0.15) is 5.60 Å². The van der Waals surface area contributed by atoms with Crippen LogP contribution in [0.1, 0.15) is 75.0 Å². The number of benzene rings is 3. The summed E-state index contributed by atoms with van der Waals surface area (Å²) in [5, 5.41) is 2.88. The van der Waals surface area contributed by atoms with E-state index < -0.39 is 15.3 Å². The normalized spacial score (nSPS) is 12.9. The van der Waals surface area contributed by atoms with Gasteiger partial charge in [0.25, 0.3) is 9.70 Å². The number of hydrogen-bond donors (Lipinski definition) is 1. The topological polar surface area (TPSA) is 38.3 Å². The van der Waals surface area contributed by atoms with Crippen molar-refractivity contribution in [3.8, 4) is 0 Å². The molecule has 0 aliphatic heterocycles. The molecule has 0 aromatic heterocycles. The minimum atomic E-state index is -2.03. The second-order valence-corrected chi connectivity index (χ2v) is 12.3. The lowest BCUT2D eigenvalue weighted by atomic mass is 9.80. The van der Waals surface area contributed by atoms with Crippen LogP contribution >= 0.6 is 34.8 Å². The van der Waals surface area contributed by atoms with Crippen molar-refractivity contribution in [3.05, 3.63) is 120 Å². The van der Waals surface area contributed by atoms with Gasteiger partial charge in [0.05, 0.1) is 6.61 Å². The smallest absolute Gasteiger partial charge is 0.272 e. The Balaban J connectivity index is 1.81. The van der Waals surface area contributed by atoms with Crippen molar-refractivity contribution in [2.45, 2.75) is 73.7 Å². The summed E-state index contributed by atoms with van der Waals surface area (Å²) in [6.07, 6.45) is 12.9. The van der Waals surface area contributed by atoms with Gasteiger partial charge in [0.2, 0.25) is 0 Å². The predicted octanol–water partition coefficient (Wildman–Crippen LogP) is 9.55. The molecule has 0 aliphatic rings. The molecule has 3 rings (SSSR count). The molecule has 1 amide bonds. The number of carbonyl (C=O) groups is 1. The van der Waals surface area contributed by atoms with Crippen molar-refractivity contribution < 1.29 is 9.53 Å². The highest BCUT2D eigenvalue weighted by Crippen LogP contribution is 2.40. The van der Waals surface area contributed by atoms with Crippen LogP contribution in [-0.4, -0.2) is 22.3 Å². The summed E-state index contributed by atoms with van der Waals surface area (Å²) in [5.74, 6) is -0.646. The molecule has 3 aromatic carbocycles. The summed E-state index contributed by atoms with van der Waals surface area (Å²) in [7, 11) is 0. The number of unbranched alkanes of at least 4 members (excludes halogenated alkanes) is 6. The molecule has 0 bridgehead atoms. The zero-order chi connectivity index (χ0) is 28.7. The van der Waals surface area contributed by atoms with E-state index in [1.807, 2.05) is 60.7 Å². The van der Waals surface area contributed by atoms with E-state index in [4.69, 9.17) is 39.5 Å². The molecule has 0 heterocycles. The number of alkyl halides is 3. The van der Waals surface area contributed by atoms with E-state index in [1.54, 1.807) is 0 Å². The molecule has 214 valence electrons. The highest BCUT2D eigenvalue weighted by atomic mass is 35.6. The largest absolute Gasteiger partial charge is 0.361 e. The Morgan fingerprint density at radius 1 is 0.775 bits per heavy atom. The zero-order valence-corrected chi connectivity index (χ0v) is 25.5. The Kier molecular flexibility index (Phi) is 13.6. The van der Waals surface area contributed by atoms with Gasteiger partial charge >= 0.3 is 0 Å². The highest BCUT2D eigenvalue weighted by Gasteiger charge is 2.38. The monoisotopic (exact) mass is 599 g/mol. The first-order chi connectivity index (χ1) is 19.4. The van der Waals surface area contributed by atoms with E-state index in [0.29, 0.717) is 13.0 Å². The number of hydrogen-bond acceptors (Lipinski definition) is 2. The van der Waals surface area contributed by atoms with E-state index in [2.05, 4.69) is 54.7 Å². The maximum atomic E-state index is 12.6. The highest BCUT2D eigenvalue weighted by molar-refractivity contribution is 6.76. The minimum Gasteiger partial charge on any atom is -0.361 e. The van der Waals surface area contributed by atoms with E-state index in [1.165, 1.54) is 32.1 Å². The van der Waals surface area contributed by atoms with Crippen LogP contribution in [0.25, 0.3) is 0 Å². The van der Waals surface area contributed by atoms with Crippen LogP contribution in [0.15, 0.2) is 103 Å². The Bertz CT molecular complexity index is 1050. The predicted molar refractivity (Wildman–Crippen MR) is 169 cm³/mol. The molecule has 0 unspecified atom stereocenters. The summed E-state index contributed by atoms with van der Waals surface area (Å²) in [6, 6.07) is 30.3. The lowest BCUT2D eigenvalue weighted by Crippen LogP contribution is -2.42. The molecule has 1 atom stereocenters. The van der Waals surface area contributed by atoms with Crippen molar-refractivity contribution >= 4 is 40.7 Å². The average molecular weight is 601 g/mol. The third-order valence-electron chi connectivity index (χ3n) is 6.96. The van der Waals surface area contributed by atoms with E-state index in [0.717, 1.165) is 29.5 Å². The Morgan fingerprint density at radius 3 is 1.73 bits per heavy atom. The van der Waals surface area contributed by atoms with Crippen LogP contribution in [0.3, 0.4) is 0 Å². The van der Waals surface area contributed by atoms with Crippen LogP contribution in [-0.2, 0) is 15.1 Å². The zero-order valence-electron chi connectivity index (χ0n) is 23.2. The fraction of sp³-hybridized carbons (Fsp3) is 0.382. The number of carbonyl (C=O) groups excluding carboxylic acids is 1. The van der Waals surface area contributed by atoms with Gasteiger partial charge in [-0.3, -0.25) is 4.79 Å². The Hall–Kier alpha value is -2.30. The maximum absolute atomic E-state index is 12.6. The first-order valence-electron chi connectivity index (χ1n) is 14.2. The molecular formula is C34H40Cl3NO2. The molecule has 0 spiro atoms. The summed E-state index contributed by atoms with van der Waals surface area (Å²) in [4.78, 5) is 12.6. The second kappa shape index (κ2) is 16.8. The number of amides is 1. The van der Waals surface area contributed by atoms with Gasteiger partial charge in [-0.2, -0.15) is 0 Å². The van der Waals surface area contributed by atoms with Crippen LogP contribution in [0.5, 0.6) is 0 Å². The van der Waals surface area contributed by atoms with E-state index in [-0.39, 0.29) is 6.04 Å². The second-order valence-electron chi connectivity index (χ2n) is 9.98. The number of nitrogens with one attached hydrogen (secondary N) is 1. The average Bonchev–Trinajstić information content (AvgIpc) is 2.97. The van der Waals surface area contributed by atoms with Gasteiger partial charge in [0, 0.05) is 6.04 Å². The molecule has 3 nitrogen and oxygen atoms in total. The van der Waals surface area contributed by atoms with Crippen LogP contribution < -0.4 is 5.32 Å². The van der Waals surface area contributed by atoms with Crippen molar-refractivity contribution in [1.29, 1.82) is 0 Å². The van der Waals surface area contributed by atoms with Gasteiger partial charge in [0.15, 0.2) is 0 Å². The van der Waals surface area contributed by atoms with Gasteiger partial charge in [-0.1, -0.05) is 177 Å². The molecule has 0 saturated carbocycles. The fourth-order valence-corrected chi connectivity index (χ4v) is 5.04. The van der Waals surface area contributed by atoms with Crippen molar-refractivity contribution in [2.75, 3.05) is 6.61 Å². The Labute approximate surface area is 254 Å². The molecule has 6 heteroatoms. The van der Waals surface area contributed by atoms with E-state index in [9.17, 15) is 4.79 Å². The molecular weight excluding hydrogens is 561 g/mol. The van der Waals surface area contributed by atoms with Gasteiger partial charge < -0.3 is 10.1 Å². The molecule has 0 aliphatic carbocycles. The summed E-state index contributed by atoms with van der Waals surface area (Å²) >= 11 is 17.6. The SMILES string of the molecule is CCCCCCCC/C=C/[C@H](CCOC(c1ccccc1)(c1ccccc1)c1ccccc1)NC(=O)C(Cl)(Cl)Cl. The van der Waals surface area contributed by atoms with Gasteiger partial charge in [-0.15, -0.1) is 0 Å². The minimum absolute atomic E-state index is 0.344.